The first-order chi connectivity index (χ1) is 6.36. The lowest BCUT2D eigenvalue weighted by Crippen LogP contribution is -2.19. The first-order valence-corrected chi connectivity index (χ1v) is 6.09. The van der Waals surface area contributed by atoms with Crippen LogP contribution < -0.4 is 0 Å². The molecule has 78 valence electrons. The first kappa shape index (κ1) is 11.3. The zero-order valence-electron chi connectivity index (χ0n) is 8.62. The van der Waals surface area contributed by atoms with Crippen molar-refractivity contribution < 1.29 is 9.47 Å². The molecule has 0 aromatic carbocycles. The molecule has 0 bridgehead atoms. The van der Waals surface area contributed by atoms with Crippen LogP contribution in [0.25, 0.3) is 0 Å². The van der Waals surface area contributed by atoms with Gasteiger partial charge in [-0.3, -0.25) is 0 Å². The molecule has 0 spiro atoms. The second-order valence-electron chi connectivity index (χ2n) is 3.49. The fourth-order valence-electron chi connectivity index (χ4n) is 1.68. The van der Waals surface area contributed by atoms with Gasteiger partial charge in [0, 0.05) is 25.2 Å². The summed E-state index contributed by atoms with van der Waals surface area (Å²) in [7, 11) is 3.41. The lowest BCUT2D eigenvalue weighted by Gasteiger charge is -2.22. The minimum Gasteiger partial charge on any atom is -0.355 e. The smallest absolute Gasteiger partial charge is 0.165 e. The average molecular weight is 204 g/mol. The van der Waals surface area contributed by atoms with Crippen molar-refractivity contribution in [2.24, 2.45) is 0 Å². The summed E-state index contributed by atoms with van der Waals surface area (Å²) in [6.07, 6.45) is 6.97. The molecule has 1 rings (SSSR count). The molecule has 1 aliphatic rings. The van der Waals surface area contributed by atoms with Crippen LogP contribution in [0.4, 0.5) is 0 Å². The zero-order valence-corrected chi connectivity index (χ0v) is 9.44. The van der Waals surface area contributed by atoms with Gasteiger partial charge in [0.1, 0.15) is 0 Å². The Kier molecular flexibility index (Phi) is 5.83. The summed E-state index contributed by atoms with van der Waals surface area (Å²) in [6.45, 7) is 0. The van der Waals surface area contributed by atoms with E-state index in [1.165, 1.54) is 32.1 Å². The largest absolute Gasteiger partial charge is 0.355 e. The third-order valence-corrected chi connectivity index (χ3v) is 3.95. The van der Waals surface area contributed by atoms with Gasteiger partial charge in [0.2, 0.25) is 0 Å². The molecule has 0 N–H and O–H groups in total. The van der Waals surface area contributed by atoms with Crippen molar-refractivity contribution in [2.75, 3.05) is 20.0 Å². The molecular weight excluding hydrogens is 184 g/mol. The van der Waals surface area contributed by atoms with E-state index in [1.54, 1.807) is 14.2 Å². The number of rotatable bonds is 5. The Morgan fingerprint density at radius 3 is 2.31 bits per heavy atom. The highest BCUT2D eigenvalue weighted by Gasteiger charge is 2.15. The minimum atomic E-state index is -0.0214. The van der Waals surface area contributed by atoms with Crippen LogP contribution in [0.5, 0.6) is 0 Å². The maximum absolute atomic E-state index is 5.15. The van der Waals surface area contributed by atoms with Gasteiger partial charge in [-0.2, -0.15) is 11.8 Å². The zero-order chi connectivity index (χ0) is 9.52. The first-order valence-electron chi connectivity index (χ1n) is 5.04. The van der Waals surface area contributed by atoms with Crippen molar-refractivity contribution in [3.05, 3.63) is 0 Å². The number of methoxy groups -OCH3 is 2. The van der Waals surface area contributed by atoms with Crippen LogP contribution in [-0.4, -0.2) is 31.5 Å². The highest BCUT2D eigenvalue weighted by Crippen LogP contribution is 2.28. The van der Waals surface area contributed by atoms with E-state index in [2.05, 4.69) is 0 Å². The molecule has 1 saturated carbocycles. The lowest BCUT2D eigenvalue weighted by atomic mass is 10.0. The van der Waals surface area contributed by atoms with E-state index < -0.39 is 0 Å². The number of ether oxygens (including phenoxy) is 2. The molecule has 0 radical (unpaired) electrons. The van der Waals surface area contributed by atoms with Gasteiger partial charge in [0.05, 0.1) is 0 Å². The molecular formula is C10H20O2S. The molecule has 0 aromatic rings. The number of hydrogen-bond donors (Lipinski definition) is 0. The fraction of sp³-hybridized carbons (Fsp3) is 1.00. The Bertz CT molecular complexity index is 120. The van der Waals surface area contributed by atoms with Gasteiger partial charge in [-0.05, 0) is 12.8 Å². The Morgan fingerprint density at radius 2 is 1.77 bits per heavy atom. The minimum absolute atomic E-state index is 0.0214. The lowest BCUT2D eigenvalue weighted by molar-refractivity contribution is -0.0843. The summed E-state index contributed by atoms with van der Waals surface area (Å²) in [5.74, 6) is 0.970. The van der Waals surface area contributed by atoms with E-state index in [9.17, 15) is 0 Å². The molecule has 0 aromatic heterocycles. The molecule has 0 heterocycles. The monoisotopic (exact) mass is 204 g/mol. The molecule has 0 saturated heterocycles. The number of hydrogen-bond acceptors (Lipinski definition) is 3. The molecule has 1 fully saturated rings. The summed E-state index contributed by atoms with van der Waals surface area (Å²) < 4.78 is 10.3. The average Bonchev–Trinajstić information content (AvgIpc) is 2.21. The quantitative estimate of drug-likeness (QED) is 0.641. The van der Waals surface area contributed by atoms with E-state index >= 15 is 0 Å². The summed E-state index contributed by atoms with van der Waals surface area (Å²) >= 11 is 2.00. The van der Waals surface area contributed by atoms with Crippen LogP contribution in [-0.2, 0) is 9.47 Å². The Labute approximate surface area is 85.4 Å². The van der Waals surface area contributed by atoms with Gasteiger partial charge in [-0.1, -0.05) is 19.3 Å². The van der Waals surface area contributed by atoms with E-state index in [4.69, 9.17) is 9.47 Å². The highest BCUT2D eigenvalue weighted by atomic mass is 32.2. The Morgan fingerprint density at radius 1 is 1.15 bits per heavy atom. The predicted octanol–water partition coefficient (Wildman–Crippen LogP) is 2.67. The van der Waals surface area contributed by atoms with Crippen molar-refractivity contribution in [3.8, 4) is 0 Å². The van der Waals surface area contributed by atoms with Gasteiger partial charge < -0.3 is 9.47 Å². The predicted molar refractivity (Wildman–Crippen MR) is 57.1 cm³/mol. The molecule has 0 aliphatic heterocycles. The molecule has 0 atom stereocenters. The van der Waals surface area contributed by atoms with Crippen LogP contribution in [0, 0.1) is 0 Å². The molecule has 13 heavy (non-hydrogen) atoms. The summed E-state index contributed by atoms with van der Waals surface area (Å²) in [5, 5.41) is 0.849. The second kappa shape index (κ2) is 6.68. The third kappa shape index (κ3) is 4.34. The number of thioether (sulfide) groups is 1. The topological polar surface area (TPSA) is 18.5 Å². The summed E-state index contributed by atoms with van der Waals surface area (Å²) in [5.41, 5.74) is 0. The van der Waals surface area contributed by atoms with Crippen LogP contribution in [0.15, 0.2) is 0 Å². The molecule has 3 heteroatoms. The van der Waals surface area contributed by atoms with Crippen LogP contribution in [0.2, 0.25) is 0 Å². The Balaban J connectivity index is 2.09. The Hall–Kier alpha value is 0.270. The molecule has 2 nitrogen and oxygen atoms in total. The van der Waals surface area contributed by atoms with E-state index in [0.717, 1.165) is 11.0 Å². The van der Waals surface area contributed by atoms with Crippen molar-refractivity contribution in [1.82, 2.24) is 0 Å². The van der Waals surface area contributed by atoms with Gasteiger partial charge in [0.25, 0.3) is 0 Å². The fourth-order valence-corrected chi connectivity index (χ4v) is 3.05. The van der Waals surface area contributed by atoms with E-state index in [0.29, 0.717) is 0 Å². The van der Waals surface area contributed by atoms with E-state index in [1.807, 2.05) is 11.8 Å². The SMILES string of the molecule is COC(CSC1CCCCC1)OC. The second-order valence-corrected chi connectivity index (χ2v) is 4.83. The van der Waals surface area contributed by atoms with Gasteiger partial charge in [-0.15, -0.1) is 0 Å². The van der Waals surface area contributed by atoms with Gasteiger partial charge in [0.15, 0.2) is 6.29 Å². The van der Waals surface area contributed by atoms with Crippen LogP contribution >= 0.6 is 11.8 Å². The standard InChI is InChI=1S/C10H20O2S/c1-11-10(12-2)8-13-9-6-4-3-5-7-9/h9-10H,3-8H2,1-2H3. The van der Waals surface area contributed by atoms with Crippen molar-refractivity contribution in [3.63, 3.8) is 0 Å². The maximum Gasteiger partial charge on any atom is 0.165 e. The molecule has 1 aliphatic carbocycles. The van der Waals surface area contributed by atoms with Crippen molar-refractivity contribution in [1.29, 1.82) is 0 Å². The van der Waals surface area contributed by atoms with Gasteiger partial charge >= 0.3 is 0 Å². The van der Waals surface area contributed by atoms with Crippen LogP contribution in [0.1, 0.15) is 32.1 Å². The van der Waals surface area contributed by atoms with Gasteiger partial charge in [-0.25, -0.2) is 0 Å². The molecule has 0 amide bonds. The maximum atomic E-state index is 5.15. The van der Waals surface area contributed by atoms with Crippen molar-refractivity contribution in [2.45, 2.75) is 43.6 Å². The van der Waals surface area contributed by atoms with Crippen LogP contribution in [0.3, 0.4) is 0 Å². The van der Waals surface area contributed by atoms with Crippen molar-refractivity contribution >= 4 is 11.8 Å². The summed E-state index contributed by atoms with van der Waals surface area (Å²) in [6, 6.07) is 0. The third-order valence-electron chi connectivity index (χ3n) is 2.55. The molecule has 0 unspecified atom stereocenters. The highest BCUT2D eigenvalue weighted by molar-refractivity contribution is 7.99. The van der Waals surface area contributed by atoms with E-state index in [-0.39, 0.29) is 6.29 Å². The normalized spacial score (nSPS) is 19.6. The summed E-state index contributed by atoms with van der Waals surface area (Å²) in [4.78, 5) is 0.